The number of hydrogen-bond donors (Lipinski definition) is 4. The fourth-order valence-corrected chi connectivity index (χ4v) is 2.09. The van der Waals surface area contributed by atoms with Gasteiger partial charge in [-0.05, 0) is 0 Å². The van der Waals surface area contributed by atoms with Gasteiger partial charge in [0.25, 0.3) is 0 Å². The predicted molar refractivity (Wildman–Crippen MR) is 58.1 cm³/mol. The average molecular weight is 279 g/mol. The van der Waals surface area contributed by atoms with Gasteiger partial charge in [0.1, 0.15) is 11.4 Å². The number of nitrogens with zero attached hydrogens (tertiary/aromatic N) is 2. The standard InChI is InChI=1S/C8H13N3O6S/c12-5-6(13)1-10-18(16,17)7-2-9-11(3-7)4-8(14)15/h2-3,6,10,12-13H,1,4-5H2,(H,14,15). The number of carbonyl (C=O) groups is 1. The van der Waals surface area contributed by atoms with Crippen LogP contribution >= 0.6 is 0 Å². The van der Waals surface area contributed by atoms with Crippen LogP contribution < -0.4 is 4.72 Å². The fourth-order valence-electron chi connectivity index (χ4n) is 1.06. The van der Waals surface area contributed by atoms with E-state index in [2.05, 4.69) is 9.82 Å². The Morgan fingerprint density at radius 1 is 1.56 bits per heavy atom. The number of aliphatic hydroxyl groups excluding tert-OH is 2. The van der Waals surface area contributed by atoms with Crippen molar-refractivity contribution in [3.8, 4) is 0 Å². The molecule has 102 valence electrons. The summed E-state index contributed by atoms with van der Waals surface area (Å²) < 4.78 is 26.3. The number of hydrogen-bond acceptors (Lipinski definition) is 6. The van der Waals surface area contributed by atoms with Crippen molar-refractivity contribution < 1.29 is 28.5 Å². The van der Waals surface area contributed by atoms with Crippen LogP contribution in [0, 0.1) is 0 Å². The van der Waals surface area contributed by atoms with Gasteiger partial charge in [0, 0.05) is 12.7 Å². The molecule has 0 aliphatic heterocycles. The SMILES string of the molecule is O=C(O)Cn1cc(S(=O)(=O)NCC(O)CO)cn1. The number of carboxylic acid groups (broad SMARTS) is 1. The van der Waals surface area contributed by atoms with Gasteiger partial charge in [-0.2, -0.15) is 5.10 Å². The maximum atomic E-state index is 11.6. The Kier molecular flexibility index (Phi) is 4.78. The third-order valence-electron chi connectivity index (χ3n) is 1.94. The summed E-state index contributed by atoms with van der Waals surface area (Å²) in [7, 11) is -3.88. The van der Waals surface area contributed by atoms with Crippen LogP contribution in [0.1, 0.15) is 0 Å². The van der Waals surface area contributed by atoms with Crippen LogP contribution in [-0.4, -0.2) is 58.7 Å². The van der Waals surface area contributed by atoms with Gasteiger partial charge < -0.3 is 15.3 Å². The predicted octanol–water partition coefficient (Wildman–Crippen LogP) is -2.40. The molecule has 1 aromatic heterocycles. The lowest BCUT2D eigenvalue weighted by Crippen LogP contribution is -2.33. The van der Waals surface area contributed by atoms with E-state index >= 15 is 0 Å². The molecule has 4 N–H and O–H groups in total. The number of rotatable bonds is 7. The summed E-state index contributed by atoms with van der Waals surface area (Å²) in [6.45, 7) is -1.36. The fraction of sp³-hybridized carbons (Fsp3) is 0.500. The molecule has 0 amide bonds. The molecule has 0 saturated carbocycles. The summed E-state index contributed by atoms with van der Waals surface area (Å²) in [5, 5.41) is 29.6. The number of carboxylic acids is 1. The average Bonchev–Trinajstić information content (AvgIpc) is 2.74. The van der Waals surface area contributed by atoms with Gasteiger partial charge in [0.2, 0.25) is 10.0 Å². The van der Waals surface area contributed by atoms with E-state index in [4.69, 9.17) is 15.3 Å². The van der Waals surface area contributed by atoms with Crippen LogP contribution in [0.5, 0.6) is 0 Å². The van der Waals surface area contributed by atoms with Crippen LogP contribution in [0.15, 0.2) is 17.3 Å². The molecule has 1 aromatic rings. The second-order valence-corrected chi connectivity index (χ2v) is 5.22. The van der Waals surface area contributed by atoms with E-state index < -0.39 is 35.2 Å². The molecule has 0 aromatic carbocycles. The van der Waals surface area contributed by atoms with Crippen molar-refractivity contribution in [3.63, 3.8) is 0 Å². The molecule has 0 radical (unpaired) electrons. The minimum absolute atomic E-state index is 0.214. The van der Waals surface area contributed by atoms with E-state index in [0.717, 1.165) is 17.1 Å². The Labute approximate surface area is 103 Å². The Morgan fingerprint density at radius 2 is 2.22 bits per heavy atom. The van der Waals surface area contributed by atoms with Crippen LogP contribution in [0.3, 0.4) is 0 Å². The second kappa shape index (κ2) is 5.91. The monoisotopic (exact) mass is 279 g/mol. The van der Waals surface area contributed by atoms with Crippen molar-refractivity contribution in [2.75, 3.05) is 13.2 Å². The zero-order chi connectivity index (χ0) is 13.8. The van der Waals surface area contributed by atoms with Crippen molar-refractivity contribution in [3.05, 3.63) is 12.4 Å². The van der Waals surface area contributed by atoms with E-state index in [0.29, 0.717) is 0 Å². The normalized spacial score (nSPS) is 13.4. The minimum atomic E-state index is -3.88. The van der Waals surface area contributed by atoms with Gasteiger partial charge in [-0.15, -0.1) is 0 Å². The highest BCUT2D eigenvalue weighted by molar-refractivity contribution is 7.89. The molecule has 1 unspecified atom stereocenters. The highest BCUT2D eigenvalue weighted by Gasteiger charge is 2.18. The number of aliphatic hydroxyl groups is 2. The first kappa shape index (κ1) is 14.6. The molecule has 0 spiro atoms. The highest BCUT2D eigenvalue weighted by atomic mass is 32.2. The third kappa shape index (κ3) is 4.07. The number of sulfonamides is 1. The van der Waals surface area contributed by atoms with Crippen LogP contribution in [-0.2, 0) is 21.4 Å². The molecular formula is C8H13N3O6S. The lowest BCUT2D eigenvalue weighted by molar-refractivity contribution is -0.137. The van der Waals surface area contributed by atoms with Gasteiger partial charge in [-0.1, -0.05) is 0 Å². The summed E-state index contributed by atoms with van der Waals surface area (Å²) in [4.78, 5) is 10.2. The Morgan fingerprint density at radius 3 is 2.78 bits per heavy atom. The van der Waals surface area contributed by atoms with E-state index in [1.165, 1.54) is 0 Å². The number of nitrogens with one attached hydrogen (secondary N) is 1. The van der Waals surface area contributed by atoms with Gasteiger partial charge in [0.15, 0.2) is 0 Å². The summed E-state index contributed by atoms with van der Waals surface area (Å²) in [6, 6.07) is 0. The van der Waals surface area contributed by atoms with Gasteiger partial charge in [0.05, 0.1) is 18.9 Å². The first-order chi connectivity index (χ1) is 8.35. The molecule has 0 aliphatic rings. The van der Waals surface area contributed by atoms with Crippen LogP contribution in [0.25, 0.3) is 0 Å². The van der Waals surface area contributed by atoms with Crippen molar-refractivity contribution in [1.82, 2.24) is 14.5 Å². The quantitative estimate of drug-likeness (QED) is 0.436. The van der Waals surface area contributed by atoms with Gasteiger partial charge in [-0.25, -0.2) is 13.1 Å². The van der Waals surface area contributed by atoms with Gasteiger partial charge in [-0.3, -0.25) is 9.48 Å². The van der Waals surface area contributed by atoms with E-state index in [1.807, 2.05) is 0 Å². The second-order valence-electron chi connectivity index (χ2n) is 3.46. The number of aromatic nitrogens is 2. The largest absolute Gasteiger partial charge is 0.480 e. The molecule has 0 fully saturated rings. The molecule has 10 heteroatoms. The zero-order valence-electron chi connectivity index (χ0n) is 9.22. The third-order valence-corrected chi connectivity index (χ3v) is 3.31. The minimum Gasteiger partial charge on any atom is -0.480 e. The Balaban J connectivity index is 2.73. The molecule has 9 nitrogen and oxygen atoms in total. The lowest BCUT2D eigenvalue weighted by atomic mass is 10.4. The molecule has 0 aliphatic carbocycles. The lowest BCUT2D eigenvalue weighted by Gasteiger charge is -2.08. The summed E-state index contributed by atoms with van der Waals surface area (Å²) >= 11 is 0. The van der Waals surface area contributed by atoms with Gasteiger partial charge >= 0.3 is 5.97 Å². The van der Waals surface area contributed by atoms with Crippen molar-refractivity contribution in [2.24, 2.45) is 0 Å². The molecule has 0 bridgehead atoms. The highest BCUT2D eigenvalue weighted by Crippen LogP contribution is 2.06. The smallest absolute Gasteiger partial charge is 0.325 e. The Bertz CT molecular complexity index is 511. The zero-order valence-corrected chi connectivity index (χ0v) is 10.0. The Hall–Kier alpha value is -1.49. The summed E-state index contributed by atoms with van der Waals surface area (Å²) in [5.74, 6) is -1.15. The topological polar surface area (TPSA) is 142 Å². The first-order valence-corrected chi connectivity index (χ1v) is 6.36. The summed E-state index contributed by atoms with van der Waals surface area (Å²) in [5.41, 5.74) is 0. The van der Waals surface area contributed by atoms with E-state index in [9.17, 15) is 13.2 Å². The molecule has 18 heavy (non-hydrogen) atoms. The maximum Gasteiger partial charge on any atom is 0.325 e. The van der Waals surface area contributed by atoms with Crippen molar-refractivity contribution >= 4 is 16.0 Å². The maximum absolute atomic E-state index is 11.6. The van der Waals surface area contributed by atoms with Crippen LogP contribution in [0.2, 0.25) is 0 Å². The first-order valence-electron chi connectivity index (χ1n) is 4.88. The van der Waals surface area contributed by atoms with Crippen molar-refractivity contribution in [2.45, 2.75) is 17.5 Å². The molecule has 1 atom stereocenters. The number of aliphatic carboxylic acids is 1. The summed E-state index contributed by atoms with van der Waals surface area (Å²) in [6.07, 6.45) is 0.854. The molecular weight excluding hydrogens is 266 g/mol. The van der Waals surface area contributed by atoms with E-state index in [-0.39, 0.29) is 11.4 Å². The van der Waals surface area contributed by atoms with Crippen LogP contribution in [0.4, 0.5) is 0 Å². The molecule has 0 saturated heterocycles. The molecule has 1 heterocycles. The van der Waals surface area contributed by atoms with E-state index in [1.54, 1.807) is 0 Å². The van der Waals surface area contributed by atoms with Crippen molar-refractivity contribution in [1.29, 1.82) is 0 Å². The molecule has 1 rings (SSSR count).